The number of hydrogen-bond acceptors (Lipinski definition) is 3. The largest absolute Gasteiger partial charge is 0.304 e. The molecule has 0 aromatic carbocycles. The zero-order valence-electron chi connectivity index (χ0n) is 6.19. The molecule has 3 heteroatoms. The zero-order chi connectivity index (χ0) is 8.53. The molecular weight excluding hydrogens is 140 g/mol. The minimum absolute atomic E-state index is 0.604. The second kappa shape index (κ2) is 6.43. The average Bonchev–Trinajstić information content (AvgIpc) is 2.08. The van der Waals surface area contributed by atoms with Crippen LogP contribution in [0.5, 0.6) is 0 Å². The number of carbonyl (C=O) groups is 1. The minimum Gasteiger partial charge on any atom is -0.304 e. The lowest BCUT2D eigenvalue weighted by atomic mass is 10.3. The van der Waals surface area contributed by atoms with Crippen LogP contribution >= 0.6 is 0 Å². The maximum Gasteiger partial charge on any atom is 0.116 e. The van der Waals surface area contributed by atoms with Crippen molar-refractivity contribution in [2.24, 2.45) is 0 Å². The molecule has 0 aliphatic rings. The predicted molar refractivity (Wildman–Crippen MR) is 40.7 cm³/mol. The summed E-state index contributed by atoms with van der Waals surface area (Å²) in [7, 11) is 0. The van der Waals surface area contributed by atoms with Gasteiger partial charge in [-0.1, -0.05) is 0 Å². The van der Waals surface area contributed by atoms with Crippen LogP contribution in [0.3, 0.4) is 0 Å². The van der Waals surface area contributed by atoms with E-state index >= 15 is 0 Å². The Hall–Kier alpha value is -1.69. The van der Waals surface area contributed by atoms with Crippen molar-refractivity contribution in [1.29, 1.82) is 5.26 Å². The summed E-state index contributed by atoms with van der Waals surface area (Å²) in [6, 6.07) is 5.41. The van der Waals surface area contributed by atoms with Crippen LogP contribution in [-0.4, -0.2) is 11.3 Å². The highest BCUT2D eigenvalue weighted by atomic mass is 16.1. The molecule has 0 aliphatic heterocycles. The standard InChI is InChI=1S/C6H4N2.C2H4O/c7-4-6-2-1-3-8-5-6;1-2-3/h1-3,5H;2H,1H3. The number of hydrogen-bond donors (Lipinski definition) is 0. The fourth-order valence-corrected chi connectivity index (χ4v) is 0.429. The molecule has 0 fully saturated rings. The second-order valence-electron chi connectivity index (χ2n) is 1.59. The molecule has 0 saturated heterocycles. The third kappa shape index (κ3) is 4.79. The monoisotopic (exact) mass is 148 g/mol. The van der Waals surface area contributed by atoms with E-state index in [0.29, 0.717) is 5.56 Å². The highest BCUT2D eigenvalue weighted by Crippen LogP contribution is 1.89. The molecule has 1 aromatic rings. The number of aromatic nitrogens is 1. The van der Waals surface area contributed by atoms with Crippen LogP contribution in [0, 0.1) is 11.3 Å². The fourth-order valence-electron chi connectivity index (χ4n) is 0.429. The second-order valence-corrected chi connectivity index (χ2v) is 1.59. The van der Waals surface area contributed by atoms with Crippen molar-refractivity contribution in [3.63, 3.8) is 0 Å². The molecule has 0 atom stereocenters. The summed E-state index contributed by atoms with van der Waals surface area (Å²) in [5.41, 5.74) is 0.604. The van der Waals surface area contributed by atoms with Crippen LogP contribution in [-0.2, 0) is 4.79 Å². The molecule has 1 aromatic heterocycles. The molecule has 1 heterocycles. The van der Waals surface area contributed by atoms with Crippen LogP contribution in [0.1, 0.15) is 12.5 Å². The lowest BCUT2D eigenvalue weighted by molar-refractivity contribution is -0.106. The third-order valence-corrected chi connectivity index (χ3v) is 0.791. The van der Waals surface area contributed by atoms with E-state index in [1.165, 1.54) is 13.1 Å². The Morgan fingerprint density at radius 1 is 1.73 bits per heavy atom. The Labute approximate surface area is 65.3 Å². The van der Waals surface area contributed by atoms with Gasteiger partial charge < -0.3 is 4.79 Å². The van der Waals surface area contributed by atoms with E-state index in [1.54, 1.807) is 18.3 Å². The molecule has 0 aliphatic carbocycles. The quantitative estimate of drug-likeness (QED) is 0.519. The van der Waals surface area contributed by atoms with Crippen molar-refractivity contribution >= 4 is 6.29 Å². The number of rotatable bonds is 0. The highest BCUT2D eigenvalue weighted by molar-refractivity contribution is 5.44. The van der Waals surface area contributed by atoms with E-state index in [9.17, 15) is 0 Å². The van der Waals surface area contributed by atoms with Crippen LogP contribution in [0.25, 0.3) is 0 Å². The molecule has 0 bridgehead atoms. The van der Waals surface area contributed by atoms with Gasteiger partial charge in [0.15, 0.2) is 0 Å². The van der Waals surface area contributed by atoms with Crippen LogP contribution in [0.2, 0.25) is 0 Å². The van der Waals surface area contributed by atoms with Gasteiger partial charge in [0, 0.05) is 12.4 Å². The summed E-state index contributed by atoms with van der Waals surface area (Å²) in [5.74, 6) is 0. The molecule has 56 valence electrons. The third-order valence-electron chi connectivity index (χ3n) is 0.791. The molecular formula is C8H8N2O. The van der Waals surface area contributed by atoms with Gasteiger partial charge in [0.1, 0.15) is 12.4 Å². The van der Waals surface area contributed by atoms with Crippen molar-refractivity contribution in [1.82, 2.24) is 4.98 Å². The molecule has 0 saturated carbocycles. The summed E-state index contributed by atoms with van der Waals surface area (Å²) in [4.78, 5) is 12.5. The first kappa shape index (κ1) is 9.31. The summed E-state index contributed by atoms with van der Waals surface area (Å²) >= 11 is 0. The fraction of sp³-hybridized carbons (Fsp3) is 0.125. The molecule has 0 amide bonds. The first-order valence-electron chi connectivity index (χ1n) is 3.05. The summed E-state index contributed by atoms with van der Waals surface area (Å²) < 4.78 is 0. The van der Waals surface area contributed by atoms with Crippen molar-refractivity contribution in [3.8, 4) is 6.07 Å². The van der Waals surface area contributed by atoms with Gasteiger partial charge in [0.2, 0.25) is 0 Å². The van der Waals surface area contributed by atoms with Gasteiger partial charge in [-0.2, -0.15) is 5.26 Å². The molecule has 3 nitrogen and oxygen atoms in total. The van der Waals surface area contributed by atoms with E-state index in [-0.39, 0.29) is 0 Å². The van der Waals surface area contributed by atoms with Crippen molar-refractivity contribution in [3.05, 3.63) is 30.1 Å². The topological polar surface area (TPSA) is 53.8 Å². The van der Waals surface area contributed by atoms with Gasteiger partial charge in [0.25, 0.3) is 0 Å². The van der Waals surface area contributed by atoms with Gasteiger partial charge in [-0.3, -0.25) is 4.98 Å². The smallest absolute Gasteiger partial charge is 0.116 e. The lowest BCUT2D eigenvalue weighted by Crippen LogP contribution is -1.72. The van der Waals surface area contributed by atoms with E-state index in [1.807, 2.05) is 6.07 Å². The summed E-state index contributed by atoms with van der Waals surface area (Å²) in [6.07, 6.45) is 3.92. The molecule has 0 spiro atoms. The maximum absolute atomic E-state index is 8.81. The van der Waals surface area contributed by atoms with Gasteiger partial charge in [0.05, 0.1) is 5.56 Å². The van der Waals surface area contributed by atoms with E-state index in [4.69, 9.17) is 10.1 Å². The van der Waals surface area contributed by atoms with Gasteiger partial charge >= 0.3 is 0 Å². The minimum atomic E-state index is 0.604. The Morgan fingerprint density at radius 3 is 2.64 bits per heavy atom. The SMILES string of the molecule is CC=O.N#Cc1cccnc1. The van der Waals surface area contributed by atoms with Crippen LogP contribution < -0.4 is 0 Å². The lowest BCUT2D eigenvalue weighted by Gasteiger charge is -1.79. The average molecular weight is 148 g/mol. The van der Waals surface area contributed by atoms with Crippen molar-refractivity contribution in [2.75, 3.05) is 0 Å². The molecule has 0 radical (unpaired) electrons. The maximum atomic E-state index is 8.81. The number of aldehydes is 1. The first-order chi connectivity index (χ1) is 5.35. The molecule has 11 heavy (non-hydrogen) atoms. The summed E-state index contributed by atoms with van der Waals surface area (Å²) in [5, 5.41) is 8.25. The van der Waals surface area contributed by atoms with Crippen molar-refractivity contribution < 1.29 is 4.79 Å². The van der Waals surface area contributed by atoms with Gasteiger partial charge in [-0.25, -0.2) is 0 Å². The van der Waals surface area contributed by atoms with Crippen molar-refractivity contribution in [2.45, 2.75) is 6.92 Å². The van der Waals surface area contributed by atoms with Crippen LogP contribution in [0.4, 0.5) is 0 Å². The predicted octanol–water partition coefficient (Wildman–Crippen LogP) is 1.16. The zero-order valence-corrected chi connectivity index (χ0v) is 6.19. The van der Waals surface area contributed by atoms with E-state index < -0.39 is 0 Å². The summed E-state index contributed by atoms with van der Waals surface area (Å²) in [6.45, 7) is 1.44. The Balaban J connectivity index is 0.000000292. The Kier molecular flexibility index (Phi) is 5.44. The van der Waals surface area contributed by atoms with Crippen LogP contribution in [0.15, 0.2) is 24.5 Å². The highest BCUT2D eigenvalue weighted by Gasteiger charge is 1.80. The number of nitriles is 1. The Bertz CT molecular complexity index is 238. The number of carbonyl (C=O) groups excluding carboxylic acids is 1. The first-order valence-corrected chi connectivity index (χ1v) is 3.05. The molecule has 0 N–H and O–H groups in total. The number of nitrogens with zero attached hydrogens (tertiary/aromatic N) is 2. The molecule has 0 unspecified atom stereocenters. The Morgan fingerprint density at radius 2 is 2.36 bits per heavy atom. The van der Waals surface area contributed by atoms with Gasteiger partial charge in [-0.15, -0.1) is 0 Å². The van der Waals surface area contributed by atoms with E-state index in [2.05, 4.69) is 4.98 Å². The van der Waals surface area contributed by atoms with E-state index in [0.717, 1.165) is 6.29 Å². The van der Waals surface area contributed by atoms with Gasteiger partial charge in [-0.05, 0) is 19.1 Å². The number of pyridine rings is 1. The normalized spacial score (nSPS) is 6.91. The molecule has 1 rings (SSSR count).